The molecule has 2 aromatic rings. The van der Waals surface area contributed by atoms with Gasteiger partial charge in [0, 0.05) is 0 Å². The van der Waals surface area contributed by atoms with Crippen LogP contribution in [0.15, 0.2) is 48.5 Å². The van der Waals surface area contributed by atoms with Gasteiger partial charge in [-0.3, -0.25) is 20.4 Å². The molecule has 0 fully saturated rings. The van der Waals surface area contributed by atoms with E-state index in [1.54, 1.807) is 0 Å². The van der Waals surface area contributed by atoms with E-state index in [9.17, 15) is 9.59 Å². The van der Waals surface area contributed by atoms with E-state index in [1.165, 1.54) is 11.1 Å². The van der Waals surface area contributed by atoms with Gasteiger partial charge in [0.15, 0.2) is 0 Å². The van der Waals surface area contributed by atoms with Gasteiger partial charge in [-0.15, -0.1) is 0 Å². The van der Waals surface area contributed by atoms with Gasteiger partial charge in [0.05, 0.1) is 11.8 Å². The molecule has 0 aliphatic rings. The molecule has 0 aromatic heterocycles. The molecule has 2 rings (SSSR count). The summed E-state index contributed by atoms with van der Waals surface area (Å²) in [5.41, 5.74) is 9.55. The summed E-state index contributed by atoms with van der Waals surface area (Å²) in [5.74, 6) is 0.0623. The highest BCUT2D eigenvalue weighted by Crippen LogP contribution is 2.19. The van der Waals surface area contributed by atoms with Crippen LogP contribution >= 0.6 is 0 Å². The Hall–Kier alpha value is -2.62. The molecule has 0 spiro atoms. The Bertz CT molecular complexity index is 752. The molecule has 0 saturated heterocycles. The molecular formula is C26H36N2O2. The van der Waals surface area contributed by atoms with Gasteiger partial charge >= 0.3 is 0 Å². The third kappa shape index (κ3) is 7.01. The zero-order chi connectivity index (χ0) is 22.3. The van der Waals surface area contributed by atoms with Crippen molar-refractivity contribution >= 4 is 11.8 Å². The molecule has 2 atom stereocenters. The summed E-state index contributed by atoms with van der Waals surface area (Å²) in [6.45, 7) is 12.4. The van der Waals surface area contributed by atoms with E-state index in [1.807, 2.05) is 38.1 Å². The molecule has 2 amide bonds. The lowest BCUT2D eigenvalue weighted by molar-refractivity contribution is -0.130. The molecule has 0 bridgehead atoms. The zero-order valence-corrected chi connectivity index (χ0v) is 19.2. The lowest BCUT2D eigenvalue weighted by atomic mass is 9.96. The fourth-order valence-electron chi connectivity index (χ4n) is 3.47. The van der Waals surface area contributed by atoms with Crippen LogP contribution in [0.2, 0.25) is 0 Å². The van der Waals surface area contributed by atoms with Gasteiger partial charge in [0.25, 0.3) is 0 Å². The third-order valence-electron chi connectivity index (χ3n) is 5.34. The minimum atomic E-state index is -0.343. The van der Waals surface area contributed by atoms with Crippen molar-refractivity contribution in [1.29, 1.82) is 0 Å². The highest BCUT2D eigenvalue weighted by atomic mass is 16.2. The van der Waals surface area contributed by atoms with Crippen LogP contribution in [-0.4, -0.2) is 11.8 Å². The maximum absolute atomic E-state index is 12.5. The third-order valence-corrected chi connectivity index (χ3v) is 5.34. The monoisotopic (exact) mass is 408 g/mol. The van der Waals surface area contributed by atoms with Crippen molar-refractivity contribution in [3.8, 4) is 0 Å². The highest BCUT2D eigenvalue weighted by Gasteiger charge is 2.19. The summed E-state index contributed by atoms with van der Waals surface area (Å²) in [4.78, 5) is 25.0. The molecule has 0 radical (unpaired) electrons. The van der Waals surface area contributed by atoms with Crippen molar-refractivity contribution in [2.75, 3.05) is 0 Å². The highest BCUT2D eigenvalue weighted by molar-refractivity contribution is 5.88. The summed E-state index contributed by atoms with van der Waals surface area (Å²) in [7, 11) is 0. The average Bonchev–Trinajstić information content (AvgIpc) is 2.71. The van der Waals surface area contributed by atoms with Crippen LogP contribution in [0.25, 0.3) is 0 Å². The van der Waals surface area contributed by atoms with Crippen LogP contribution < -0.4 is 10.9 Å². The van der Waals surface area contributed by atoms with Crippen LogP contribution in [0.4, 0.5) is 0 Å². The standard InChI is InChI=1S/C26H36N2O2/c1-17(2)15-21-7-11-23(12-8-21)19(5)25(29)27-28-26(30)20(6)24-13-9-22(10-14-24)16-18(3)4/h7-14,17-20H,15-16H2,1-6H3,(H,27,29)(H,28,30)/t19-,20+. The van der Waals surface area contributed by atoms with Crippen molar-refractivity contribution in [2.24, 2.45) is 11.8 Å². The van der Waals surface area contributed by atoms with Gasteiger partial charge in [-0.25, -0.2) is 0 Å². The van der Waals surface area contributed by atoms with Gasteiger partial charge in [-0.05, 0) is 60.8 Å². The first kappa shape index (κ1) is 23.7. The Labute approximate surface area is 181 Å². The van der Waals surface area contributed by atoms with Gasteiger partial charge in [0.1, 0.15) is 0 Å². The Morgan fingerprint density at radius 2 is 0.900 bits per heavy atom. The first-order chi connectivity index (χ1) is 14.2. The predicted octanol–water partition coefficient (Wildman–Crippen LogP) is 5.14. The number of carbonyl (C=O) groups is 2. The molecule has 0 aliphatic carbocycles. The maximum Gasteiger partial charge on any atom is 0.245 e. The van der Waals surface area contributed by atoms with Crippen molar-refractivity contribution in [2.45, 2.75) is 66.2 Å². The van der Waals surface area contributed by atoms with Crippen molar-refractivity contribution < 1.29 is 9.59 Å². The number of rotatable bonds is 8. The van der Waals surface area contributed by atoms with E-state index < -0.39 is 0 Å². The number of carbonyl (C=O) groups excluding carboxylic acids is 2. The molecule has 162 valence electrons. The first-order valence-electron chi connectivity index (χ1n) is 10.9. The fraction of sp³-hybridized carbons (Fsp3) is 0.462. The minimum absolute atomic E-state index is 0.223. The SMILES string of the molecule is CC(C)Cc1ccc([C@H](C)C(=O)NNC(=O)[C@H](C)c2ccc(CC(C)C)cc2)cc1. The largest absolute Gasteiger partial charge is 0.273 e. The summed E-state index contributed by atoms with van der Waals surface area (Å²) in [6, 6.07) is 16.3. The Morgan fingerprint density at radius 3 is 1.17 bits per heavy atom. The Morgan fingerprint density at radius 1 is 0.600 bits per heavy atom. The van der Waals surface area contributed by atoms with Crippen LogP contribution in [0.1, 0.15) is 75.6 Å². The molecule has 30 heavy (non-hydrogen) atoms. The quantitative estimate of drug-likeness (QED) is 0.594. The second-order valence-electron chi connectivity index (χ2n) is 9.10. The van der Waals surface area contributed by atoms with Crippen LogP contribution in [0.3, 0.4) is 0 Å². The van der Waals surface area contributed by atoms with Crippen molar-refractivity contribution in [3.63, 3.8) is 0 Å². The number of hydrogen-bond donors (Lipinski definition) is 2. The summed E-state index contributed by atoms with van der Waals surface area (Å²) in [5, 5.41) is 0. The van der Waals surface area contributed by atoms with Crippen LogP contribution in [0.5, 0.6) is 0 Å². The van der Waals surface area contributed by atoms with Gasteiger partial charge < -0.3 is 0 Å². The van der Waals surface area contributed by atoms with Crippen LogP contribution in [0, 0.1) is 11.8 Å². The molecule has 2 N–H and O–H groups in total. The number of hydrazine groups is 1. The van der Waals surface area contributed by atoms with E-state index in [4.69, 9.17) is 0 Å². The van der Waals surface area contributed by atoms with Gasteiger partial charge in [0.2, 0.25) is 11.8 Å². The fourth-order valence-corrected chi connectivity index (χ4v) is 3.47. The topological polar surface area (TPSA) is 58.2 Å². The number of hydrogen-bond acceptors (Lipinski definition) is 2. The van der Waals surface area contributed by atoms with Crippen molar-refractivity contribution in [1.82, 2.24) is 10.9 Å². The van der Waals surface area contributed by atoms with Crippen LogP contribution in [-0.2, 0) is 22.4 Å². The second kappa shape index (κ2) is 11.0. The molecule has 4 heteroatoms. The van der Waals surface area contributed by atoms with Gasteiger partial charge in [-0.1, -0.05) is 76.2 Å². The molecule has 0 unspecified atom stereocenters. The first-order valence-corrected chi connectivity index (χ1v) is 10.9. The number of amides is 2. The van der Waals surface area contributed by atoms with Gasteiger partial charge in [-0.2, -0.15) is 0 Å². The minimum Gasteiger partial charge on any atom is -0.273 e. The predicted molar refractivity (Wildman–Crippen MR) is 123 cm³/mol. The maximum atomic E-state index is 12.5. The lowest BCUT2D eigenvalue weighted by Gasteiger charge is -2.17. The molecule has 0 saturated carbocycles. The summed E-state index contributed by atoms with van der Waals surface area (Å²) >= 11 is 0. The normalized spacial score (nSPS) is 13.2. The molecular weight excluding hydrogens is 372 g/mol. The lowest BCUT2D eigenvalue weighted by Crippen LogP contribution is -2.45. The summed E-state index contributed by atoms with van der Waals surface area (Å²) in [6.07, 6.45) is 2.04. The molecule has 0 heterocycles. The average molecular weight is 409 g/mol. The molecule has 2 aromatic carbocycles. The van der Waals surface area contributed by atoms with E-state index in [0.717, 1.165) is 24.0 Å². The van der Waals surface area contributed by atoms with E-state index >= 15 is 0 Å². The van der Waals surface area contributed by atoms with E-state index in [2.05, 4.69) is 62.8 Å². The van der Waals surface area contributed by atoms with Crippen molar-refractivity contribution in [3.05, 3.63) is 70.8 Å². The molecule has 4 nitrogen and oxygen atoms in total. The summed E-state index contributed by atoms with van der Waals surface area (Å²) < 4.78 is 0. The van der Waals surface area contributed by atoms with E-state index in [0.29, 0.717) is 11.8 Å². The Balaban J connectivity index is 1.89. The zero-order valence-electron chi connectivity index (χ0n) is 19.2. The van der Waals surface area contributed by atoms with E-state index in [-0.39, 0.29) is 23.7 Å². The molecule has 0 aliphatic heterocycles. The Kier molecular flexibility index (Phi) is 8.64. The smallest absolute Gasteiger partial charge is 0.245 e. The number of nitrogens with one attached hydrogen (secondary N) is 2. The number of benzene rings is 2. The second-order valence-corrected chi connectivity index (χ2v) is 9.10.